The molecule has 0 radical (unpaired) electrons. The average Bonchev–Trinajstić information content (AvgIpc) is 2.36. The SMILES string of the molecule is CC(C)C[C@H](N)C(=O)OC(=O)C(N)CCCCN=C(N)N. The summed E-state index contributed by atoms with van der Waals surface area (Å²) in [5.74, 6) is -1.21. The predicted octanol–water partition coefficient (Wildman–Crippen LogP) is -0.799. The smallest absolute Gasteiger partial charge is 0.330 e. The molecular weight excluding hydrogens is 274 g/mol. The van der Waals surface area contributed by atoms with Crippen LogP contribution < -0.4 is 22.9 Å². The first-order valence-electron chi connectivity index (χ1n) is 7.06. The molecule has 2 atom stereocenters. The molecule has 0 fully saturated rings. The summed E-state index contributed by atoms with van der Waals surface area (Å²) in [5, 5.41) is 0. The second-order valence-electron chi connectivity index (χ2n) is 5.39. The summed E-state index contributed by atoms with van der Waals surface area (Å²) >= 11 is 0. The van der Waals surface area contributed by atoms with Gasteiger partial charge in [-0.1, -0.05) is 13.8 Å². The molecule has 0 aromatic carbocycles. The van der Waals surface area contributed by atoms with Crippen LogP contribution in [0.2, 0.25) is 0 Å². The van der Waals surface area contributed by atoms with Crippen molar-refractivity contribution in [1.82, 2.24) is 0 Å². The quantitative estimate of drug-likeness (QED) is 0.142. The van der Waals surface area contributed by atoms with Crippen molar-refractivity contribution in [3.8, 4) is 0 Å². The molecule has 0 aliphatic rings. The second-order valence-corrected chi connectivity index (χ2v) is 5.39. The Morgan fingerprint density at radius 3 is 2.14 bits per heavy atom. The summed E-state index contributed by atoms with van der Waals surface area (Å²) in [7, 11) is 0. The van der Waals surface area contributed by atoms with E-state index in [4.69, 9.17) is 22.9 Å². The van der Waals surface area contributed by atoms with Crippen molar-refractivity contribution in [1.29, 1.82) is 0 Å². The average molecular weight is 301 g/mol. The fourth-order valence-electron chi connectivity index (χ4n) is 1.66. The molecule has 0 spiro atoms. The molecule has 0 aromatic heterocycles. The predicted molar refractivity (Wildman–Crippen MR) is 81.0 cm³/mol. The molecule has 0 bridgehead atoms. The highest BCUT2D eigenvalue weighted by atomic mass is 16.6. The Hall–Kier alpha value is -1.67. The normalized spacial score (nSPS) is 13.6. The number of hydrogen-bond acceptors (Lipinski definition) is 6. The molecule has 0 saturated heterocycles. The number of carbonyl (C=O) groups excluding carboxylic acids is 2. The van der Waals surface area contributed by atoms with Crippen LogP contribution in [0.15, 0.2) is 4.99 Å². The van der Waals surface area contributed by atoms with Crippen LogP contribution in [0, 0.1) is 5.92 Å². The third-order valence-corrected chi connectivity index (χ3v) is 2.75. The van der Waals surface area contributed by atoms with Gasteiger partial charge in [-0.25, -0.2) is 9.59 Å². The lowest BCUT2D eigenvalue weighted by Gasteiger charge is -2.14. The Morgan fingerprint density at radius 2 is 1.62 bits per heavy atom. The number of nitrogens with zero attached hydrogens (tertiary/aromatic N) is 1. The zero-order valence-corrected chi connectivity index (χ0v) is 12.7. The van der Waals surface area contributed by atoms with Crippen molar-refractivity contribution in [3.05, 3.63) is 0 Å². The van der Waals surface area contributed by atoms with Crippen molar-refractivity contribution in [2.24, 2.45) is 33.8 Å². The molecule has 0 heterocycles. The number of ether oxygens (including phenoxy) is 1. The van der Waals surface area contributed by atoms with Gasteiger partial charge >= 0.3 is 11.9 Å². The molecule has 8 heteroatoms. The zero-order chi connectivity index (χ0) is 16.4. The molecule has 0 aliphatic carbocycles. The van der Waals surface area contributed by atoms with E-state index in [1.807, 2.05) is 13.8 Å². The van der Waals surface area contributed by atoms with E-state index in [0.29, 0.717) is 32.2 Å². The van der Waals surface area contributed by atoms with E-state index >= 15 is 0 Å². The van der Waals surface area contributed by atoms with Gasteiger partial charge in [-0.2, -0.15) is 0 Å². The fraction of sp³-hybridized carbons (Fsp3) is 0.769. The van der Waals surface area contributed by atoms with E-state index in [9.17, 15) is 9.59 Å². The summed E-state index contributed by atoms with van der Waals surface area (Å²) in [6.45, 7) is 4.33. The number of guanidine groups is 1. The molecule has 0 amide bonds. The van der Waals surface area contributed by atoms with Crippen molar-refractivity contribution in [2.45, 2.75) is 51.6 Å². The third kappa shape index (κ3) is 9.80. The van der Waals surface area contributed by atoms with Crippen LogP contribution in [-0.2, 0) is 14.3 Å². The van der Waals surface area contributed by atoms with E-state index in [0.717, 1.165) is 0 Å². The summed E-state index contributed by atoms with van der Waals surface area (Å²) in [4.78, 5) is 27.0. The first-order valence-corrected chi connectivity index (χ1v) is 7.06. The third-order valence-electron chi connectivity index (χ3n) is 2.75. The Labute approximate surface area is 125 Å². The van der Waals surface area contributed by atoms with Crippen LogP contribution in [0.3, 0.4) is 0 Å². The number of esters is 2. The van der Waals surface area contributed by atoms with Crippen LogP contribution in [0.1, 0.15) is 39.5 Å². The standard InChI is InChI=1S/C13H27N5O3/c1-8(2)7-10(15)12(20)21-11(19)9(14)5-3-4-6-18-13(16)17/h8-10H,3-7,14-15H2,1-2H3,(H4,16,17,18)/t9?,10-/m0/s1. The van der Waals surface area contributed by atoms with Crippen LogP contribution in [0.25, 0.3) is 0 Å². The second kappa shape index (κ2) is 10.1. The minimum absolute atomic E-state index is 0.0310. The topological polar surface area (TPSA) is 160 Å². The maximum absolute atomic E-state index is 11.6. The van der Waals surface area contributed by atoms with Gasteiger partial charge in [0.15, 0.2) is 5.96 Å². The highest BCUT2D eigenvalue weighted by Gasteiger charge is 2.23. The van der Waals surface area contributed by atoms with Crippen LogP contribution in [0.5, 0.6) is 0 Å². The molecule has 0 rings (SSSR count). The maximum Gasteiger partial charge on any atom is 0.330 e. The number of hydrogen-bond donors (Lipinski definition) is 4. The van der Waals surface area contributed by atoms with Crippen LogP contribution in [0.4, 0.5) is 0 Å². The maximum atomic E-state index is 11.6. The van der Waals surface area contributed by atoms with Gasteiger partial charge in [-0.05, 0) is 31.6 Å². The van der Waals surface area contributed by atoms with E-state index < -0.39 is 24.0 Å². The minimum atomic E-state index is -0.848. The summed E-state index contributed by atoms with van der Waals surface area (Å²) in [6.07, 6.45) is 2.20. The largest absolute Gasteiger partial charge is 0.391 e. The van der Waals surface area contributed by atoms with E-state index in [1.165, 1.54) is 0 Å². The molecule has 1 unspecified atom stereocenters. The summed E-state index contributed by atoms with van der Waals surface area (Å²) < 4.78 is 4.67. The molecule has 122 valence electrons. The number of rotatable bonds is 9. The lowest BCUT2D eigenvalue weighted by Crippen LogP contribution is -2.40. The Kier molecular flexibility index (Phi) is 9.31. The van der Waals surface area contributed by atoms with E-state index in [1.54, 1.807) is 0 Å². The molecule has 0 aliphatic heterocycles. The Balaban J connectivity index is 3.99. The molecule has 21 heavy (non-hydrogen) atoms. The first-order chi connectivity index (χ1) is 9.73. The van der Waals surface area contributed by atoms with Gasteiger partial charge in [0, 0.05) is 6.54 Å². The lowest BCUT2D eigenvalue weighted by molar-refractivity contribution is -0.161. The number of unbranched alkanes of at least 4 members (excludes halogenated alkanes) is 1. The monoisotopic (exact) mass is 301 g/mol. The van der Waals surface area contributed by atoms with Gasteiger partial charge in [-0.3, -0.25) is 4.99 Å². The van der Waals surface area contributed by atoms with Crippen molar-refractivity contribution in [3.63, 3.8) is 0 Å². The lowest BCUT2D eigenvalue weighted by atomic mass is 10.0. The number of carbonyl (C=O) groups is 2. The highest BCUT2D eigenvalue weighted by molar-refractivity contribution is 5.90. The van der Waals surface area contributed by atoms with Crippen molar-refractivity contribution >= 4 is 17.9 Å². The first kappa shape index (κ1) is 19.3. The van der Waals surface area contributed by atoms with E-state index in [-0.39, 0.29) is 11.9 Å². The molecular formula is C13H27N5O3. The molecule has 8 nitrogen and oxygen atoms in total. The van der Waals surface area contributed by atoms with Crippen molar-refractivity contribution < 1.29 is 14.3 Å². The number of nitrogens with two attached hydrogens (primary N) is 4. The van der Waals surface area contributed by atoms with Gasteiger partial charge in [-0.15, -0.1) is 0 Å². The summed E-state index contributed by atoms with van der Waals surface area (Å²) in [5.41, 5.74) is 21.6. The minimum Gasteiger partial charge on any atom is -0.391 e. The van der Waals surface area contributed by atoms with Gasteiger partial charge < -0.3 is 27.7 Å². The van der Waals surface area contributed by atoms with Crippen LogP contribution in [-0.4, -0.2) is 36.5 Å². The molecule has 0 aromatic rings. The van der Waals surface area contributed by atoms with Crippen LogP contribution >= 0.6 is 0 Å². The van der Waals surface area contributed by atoms with Gasteiger partial charge in [0.2, 0.25) is 0 Å². The van der Waals surface area contributed by atoms with Gasteiger partial charge in [0.1, 0.15) is 12.1 Å². The van der Waals surface area contributed by atoms with Crippen molar-refractivity contribution in [2.75, 3.05) is 6.54 Å². The van der Waals surface area contributed by atoms with Gasteiger partial charge in [0.25, 0.3) is 0 Å². The number of aliphatic imine (C=N–C) groups is 1. The van der Waals surface area contributed by atoms with Gasteiger partial charge in [0.05, 0.1) is 0 Å². The highest BCUT2D eigenvalue weighted by Crippen LogP contribution is 2.06. The summed E-state index contributed by atoms with van der Waals surface area (Å²) in [6, 6.07) is -1.65. The Morgan fingerprint density at radius 1 is 1.05 bits per heavy atom. The molecule has 8 N–H and O–H groups in total. The fourth-order valence-corrected chi connectivity index (χ4v) is 1.66. The Bertz CT molecular complexity index is 367. The molecule has 0 saturated carbocycles. The zero-order valence-electron chi connectivity index (χ0n) is 12.7. The van der Waals surface area contributed by atoms with E-state index in [2.05, 4.69) is 9.73 Å².